The SMILES string of the molecule is NC(=NCCN1CCCOCC1)Nc1ccc2c(c1)OCCCO2. The summed E-state index contributed by atoms with van der Waals surface area (Å²) in [5.74, 6) is 1.93. The van der Waals surface area contributed by atoms with Crippen molar-refractivity contribution in [2.45, 2.75) is 12.8 Å². The zero-order valence-electron chi connectivity index (χ0n) is 14.0. The first-order chi connectivity index (χ1) is 11.8. The molecule has 0 unspecified atom stereocenters. The third-order valence-corrected chi connectivity index (χ3v) is 4.03. The molecule has 2 aliphatic heterocycles. The zero-order valence-corrected chi connectivity index (χ0v) is 14.0. The molecule has 24 heavy (non-hydrogen) atoms. The van der Waals surface area contributed by atoms with Crippen LogP contribution in [0.4, 0.5) is 5.69 Å². The molecule has 0 bridgehead atoms. The van der Waals surface area contributed by atoms with E-state index >= 15 is 0 Å². The van der Waals surface area contributed by atoms with Crippen LogP contribution in [-0.2, 0) is 4.74 Å². The van der Waals surface area contributed by atoms with Crippen molar-refractivity contribution in [2.24, 2.45) is 10.7 Å². The second-order valence-electron chi connectivity index (χ2n) is 5.91. The Hall–Kier alpha value is -1.99. The first-order valence-corrected chi connectivity index (χ1v) is 8.58. The molecule has 1 fully saturated rings. The maximum absolute atomic E-state index is 5.98. The van der Waals surface area contributed by atoms with E-state index in [4.69, 9.17) is 19.9 Å². The molecule has 0 radical (unpaired) electrons. The molecule has 132 valence electrons. The van der Waals surface area contributed by atoms with Crippen LogP contribution in [0.5, 0.6) is 11.5 Å². The Morgan fingerprint density at radius 3 is 2.88 bits per heavy atom. The second-order valence-corrected chi connectivity index (χ2v) is 5.91. The van der Waals surface area contributed by atoms with Crippen molar-refractivity contribution in [2.75, 3.05) is 57.9 Å². The van der Waals surface area contributed by atoms with E-state index in [9.17, 15) is 0 Å². The van der Waals surface area contributed by atoms with E-state index in [1.54, 1.807) is 0 Å². The van der Waals surface area contributed by atoms with Gasteiger partial charge in [-0.15, -0.1) is 0 Å². The molecule has 1 aromatic rings. The lowest BCUT2D eigenvalue weighted by atomic mass is 10.3. The van der Waals surface area contributed by atoms with Crippen LogP contribution in [0, 0.1) is 0 Å². The third kappa shape index (κ3) is 5.01. The molecule has 1 saturated heterocycles. The molecular formula is C17H26N4O3. The van der Waals surface area contributed by atoms with Crippen LogP contribution >= 0.6 is 0 Å². The topological polar surface area (TPSA) is 81.3 Å². The molecule has 0 atom stereocenters. The minimum absolute atomic E-state index is 0.413. The number of nitrogens with two attached hydrogens (primary N) is 1. The fraction of sp³-hybridized carbons (Fsp3) is 0.588. The average Bonchev–Trinajstić information content (AvgIpc) is 2.97. The molecule has 7 heteroatoms. The predicted octanol–water partition coefficient (Wildman–Crippen LogP) is 1.30. The predicted molar refractivity (Wildman–Crippen MR) is 94.0 cm³/mol. The molecule has 2 aliphatic rings. The summed E-state index contributed by atoms with van der Waals surface area (Å²) in [5, 5.41) is 3.11. The van der Waals surface area contributed by atoms with Crippen LogP contribution < -0.4 is 20.5 Å². The van der Waals surface area contributed by atoms with E-state index in [1.807, 2.05) is 18.2 Å². The van der Waals surface area contributed by atoms with Crippen LogP contribution in [0.25, 0.3) is 0 Å². The van der Waals surface area contributed by atoms with Gasteiger partial charge in [0.25, 0.3) is 0 Å². The Morgan fingerprint density at radius 2 is 1.96 bits per heavy atom. The van der Waals surface area contributed by atoms with Gasteiger partial charge < -0.3 is 25.3 Å². The smallest absolute Gasteiger partial charge is 0.193 e. The summed E-state index contributed by atoms with van der Waals surface area (Å²) < 4.78 is 16.7. The normalized spacial score (nSPS) is 19.4. The van der Waals surface area contributed by atoms with Gasteiger partial charge in [0.1, 0.15) is 0 Å². The number of rotatable bonds is 4. The lowest BCUT2D eigenvalue weighted by Crippen LogP contribution is -2.30. The number of nitrogens with one attached hydrogen (secondary N) is 1. The van der Waals surface area contributed by atoms with Gasteiger partial charge in [-0.25, -0.2) is 0 Å². The van der Waals surface area contributed by atoms with Crippen molar-refractivity contribution in [3.05, 3.63) is 18.2 Å². The molecule has 3 rings (SSSR count). The van der Waals surface area contributed by atoms with Gasteiger partial charge in [-0.2, -0.15) is 0 Å². The first-order valence-electron chi connectivity index (χ1n) is 8.58. The lowest BCUT2D eigenvalue weighted by Gasteiger charge is -2.17. The Bertz CT molecular complexity index is 557. The maximum Gasteiger partial charge on any atom is 0.193 e. The monoisotopic (exact) mass is 334 g/mol. The number of hydrogen-bond donors (Lipinski definition) is 2. The van der Waals surface area contributed by atoms with E-state index < -0.39 is 0 Å². The highest BCUT2D eigenvalue weighted by molar-refractivity contribution is 5.92. The van der Waals surface area contributed by atoms with E-state index in [0.29, 0.717) is 25.7 Å². The van der Waals surface area contributed by atoms with E-state index in [-0.39, 0.29) is 0 Å². The van der Waals surface area contributed by atoms with Crippen LogP contribution in [-0.4, -0.2) is 63.5 Å². The number of nitrogens with zero attached hydrogens (tertiary/aromatic N) is 2. The number of fused-ring (bicyclic) bond motifs is 1. The Balaban J connectivity index is 1.50. The Labute approximate surface area is 142 Å². The summed E-state index contributed by atoms with van der Waals surface area (Å²) in [6.07, 6.45) is 1.97. The molecule has 0 aromatic heterocycles. The van der Waals surface area contributed by atoms with Crippen LogP contribution in [0.2, 0.25) is 0 Å². The highest BCUT2D eigenvalue weighted by atomic mass is 16.5. The average molecular weight is 334 g/mol. The minimum Gasteiger partial charge on any atom is -0.490 e. The van der Waals surface area contributed by atoms with Crippen molar-refractivity contribution < 1.29 is 14.2 Å². The van der Waals surface area contributed by atoms with Crippen molar-refractivity contribution in [3.63, 3.8) is 0 Å². The summed E-state index contributed by atoms with van der Waals surface area (Å²) in [7, 11) is 0. The molecule has 0 spiro atoms. The van der Waals surface area contributed by atoms with Gasteiger partial charge in [-0.3, -0.25) is 9.89 Å². The molecule has 0 amide bonds. The minimum atomic E-state index is 0.413. The lowest BCUT2D eigenvalue weighted by molar-refractivity contribution is 0.142. The number of benzene rings is 1. The van der Waals surface area contributed by atoms with Crippen molar-refractivity contribution in [1.29, 1.82) is 0 Å². The molecule has 2 heterocycles. The Morgan fingerprint density at radius 1 is 1.08 bits per heavy atom. The number of aliphatic imine (C=N–C) groups is 1. The molecule has 3 N–H and O–H groups in total. The van der Waals surface area contributed by atoms with Gasteiger partial charge in [0, 0.05) is 44.4 Å². The zero-order chi connectivity index (χ0) is 16.6. The summed E-state index contributed by atoms with van der Waals surface area (Å²) >= 11 is 0. The molecule has 0 saturated carbocycles. The number of anilines is 1. The van der Waals surface area contributed by atoms with Crippen molar-refractivity contribution in [1.82, 2.24) is 4.90 Å². The number of ether oxygens (including phenoxy) is 3. The van der Waals surface area contributed by atoms with Crippen molar-refractivity contribution in [3.8, 4) is 11.5 Å². The van der Waals surface area contributed by atoms with Crippen molar-refractivity contribution >= 4 is 11.6 Å². The third-order valence-electron chi connectivity index (χ3n) is 4.03. The van der Waals surface area contributed by atoms with Gasteiger partial charge in [-0.05, 0) is 18.6 Å². The summed E-state index contributed by atoms with van der Waals surface area (Å²) in [6, 6.07) is 5.71. The maximum atomic E-state index is 5.98. The standard InChI is InChI=1S/C17H26N4O3/c18-17(19-5-7-21-6-1-9-22-12-8-21)20-14-3-4-15-16(13-14)24-11-2-10-23-15/h3-4,13H,1-2,5-12H2,(H3,18,19,20). The van der Waals surface area contributed by atoms with E-state index in [1.165, 1.54) is 0 Å². The van der Waals surface area contributed by atoms with E-state index in [0.717, 1.165) is 62.9 Å². The highest BCUT2D eigenvalue weighted by Gasteiger charge is 2.11. The van der Waals surface area contributed by atoms with Crippen LogP contribution in [0.3, 0.4) is 0 Å². The summed E-state index contributed by atoms with van der Waals surface area (Å²) in [6.45, 7) is 6.60. The number of hydrogen-bond acceptors (Lipinski definition) is 5. The van der Waals surface area contributed by atoms with Crippen LogP contribution in [0.1, 0.15) is 12.8 Å². The molecule has 7 nitrogen and oxygen atoms in total. The van der Waals surface area contributed by atoms with Crippen LogP contribution in [0.15, 0.2) is 23.2 Å². The fourth-order valence-corrected chi connectivity index (χ4v) is 2.76. The molecule has 1 aromatic carbocycles. The first kappa shape index (κ1) is 16.9. The van der Waals surface area contributed by atoms with Gasteiger partial charge in [0.05, 0.1) is 26.4 Å². The van der Waals surface area contributed by atoms with Gasteiger partial charge in [0.2, 0.25) is 0 Å². The molecular weight excluding hydrogens is 308 g/mol. The van der Waals surface area contributed by atoms with Gasteiger partial charge >= 0.3 is 0 Å². The Kier molecular flexibility index (Phi) is 6.14. The van der Waals surface area contributed by atoms with E-state index in [2.05, 4.69) is 15.2 Å². The van der Waals surface area contributed by atoms with Gasteiger partial charge in [0.15, 0.2) is 17.5 Å². The second kappa shape index (κ2) is 8.75. The highest BCUT2D eigenvalue weighted by Crippen LogP contribution is 2.32. The fourth-order valence-electron chi connectivity index (χ4n) is 2.76. The number of guanidine groups is 1. The molecule has 0 aliphatic carbocycles. The largest absolute Gasteiger partial charge is 0.490 e. The summed E-state index contributed by atoms with van der Waals surface area (Å²) in [4.78, 5) is 6.76. The summed E-state index contributed by atoms with van der Waals surface area (Å²) in [5.41, 5.74) is 6.83. The van der Waals surface area contributed by atoms with Gasteiger partial charge in [-0.1, -0.05) is 0 Å². The quantitative estimate of drug-likeness (QED) is 0.638.